The second kappa shape index (κ2) is 6.93. The maximum atomic E-state index is 12.1. The second-order valence-electron chi connectivity index (χ2n) is 5.09. The van der Waals surface area contributed by atoms with Crippen molar-refractivity contribution in [3.8, 4) is 0 Å². The number of nitrogens with zero attached hydrogens (tertiary/aromatic N) is 1. The van der Waals surface area contributed by atoms with E-state index < -0.39 is 18.0 Å². The van der Waals surface area contributed by atoms with E-state index in [0.717, 1.165) is 12.1 Å². The van der Waals surface area contributed by atoms with E-state index in [1.165, 1.54) is 10.5 Å². The molecule has 0 radical (unpaired) electrons. The molecule has 2 N–H and O–H groups in total. The summed E-state index contributed by atoms with van der Waals surface area (Å²) in [4.78, 5) is 24.6. The Labute approximate surface area is 119 Å². The molecule has 0 fully saturated rings. The summed E-state index contributed by atoms with van der Waals surface area (Å²) in [5.74, 6) is -1.20. The van der Waals surface area contributed by atoms with Crippen LogP contribution in [0.25, 0.3) is 0 Å². The Morgan fingerprint density at radius 2 is 1.80 bits per heavy atom. The maximum Gasteiger partial charge on any atom is 0.326 e. The molecule has 0 aromatic heterocycles. The van der Waals surface area contributed by atoms with Crippen LogP contribution in [-0.4, -0.2) is 30.2 Å². The van der Waals surface area contributed by atoms with Gasteiger partial charge >= 0.3 is 12.0 Å². The predicted octanol–water partition coefficient (Wildman–Crippen LogP) is 2.50. The molecule has 1 rings (SSSR count). The molecule has 110 valence electrons. The first kappa shape index (κ1) is 16.0. The van der Waals surface area contributed by atoms with Gasteiger partial charge in [0.1, 0.15) is 6.04 Å². The van der Waals surface area contributed by atoms with Gasteiger partial charge in [0.15, 0.2) is 0 Å². The third-order valence-corrected chi connectivity index (χ3v) is 3.25. The quantitative estimate of drug-likeness (QED) is 0.869. The van der Waals surface area contributed by atoms with Gasteiger partial charge in [0, 0.05) is 12.7 Å². The monoisotopic (exact) mass is 278 g/mol. The Kier molecular flexibility index (Phi) is 5.55. The van der Waals surface area contributed by atoms with Crippen molar-refractivity contribution >= 4 is 17.7 Å². The SMILES string of the molecule is CCc1ccc(N(C)C(=O)NC(C(=O)O)C(C)C)cc1. The van der Waals surface area contributed by atoms with Crippen molar-refractivity contribution in [1.29, 1.82) is 0 Å². The summed E-state index contributed by atoms with van der Waals surface area (Å²) >= 11 is 0. The number of hydrogen-bond donors (Lipinski definition) is 2. The van der Waals surface area contributed by atoms with Crippen molar-refractivity contribution in [3.05, 3.63) is 29.8 Å². The van der Waals surface area contributed by atoms with Crippen molar-refractivity contribution < 1.29 is 14.7 Å². The number of nitrogens with one attached hydrogen (secondary N) is 1. The third-order valence-electron chi connectivity index (χ3n) is 3.25. The Morgan fingerprint density at radius 3 is 2.20 bits per heavy atom. The van der Waals surface area contributed by atoms with Gasteiger partial charge in [0.25, 0.3) is 0 Å². The minimum Gasteiger partial charge on any atom is -0.480 e. The van der Waals surface area contributed by atoms with Gasteiger partial charge in [-0.15, -0.1) is 0 Å². The van der Waals surface area contributed by atoms with Gasteiger partial charge < -0.3 is 10.4 Å². The molecule has 1 aromatic rings. The summed E-state index contributed by atoms with van der Waals surface area (Å²) in [5.41, 5.74) is 1.92. The number of amides is 2. The number of benzene rings is 1. The van der Waals surface area contributed by atoms with Crippen LogP contribution in [0.2, 0.25) is 0 Å². The highest BCUT2D eigenvalue weighted by atomic mass is 16.4. The van der Waals surface area contributed by atoms with E-state index in [4.69, 9.17) is 5.11 Å². The number of carbonyl (C=O) groups excluding carboxylic acids is 1. The van der Waals surface area contributed by atoms with Crippen LogP contribution >= 0.6 is 0 Å². The van der Waals surface area contributed by atoms with Crippen molar-refractivity contribution in [2.75, 3.05) is 11.9 Å². The van der Waals surface area contributed by atoms with Crippen LogP contribution in [0, 0.1) is 5.92 Å². The van der Waals surface area contributed by atoms with Gasteiger partial charge in [-0.25, -0.2) is 9.59 Å². The number of rotatable bonds is 5. The molecular formula is C15H22N2O3. The molecular weight excluding hydrogens is 256 g/mol. The molecule has 0 spiro atoms. The van der Waals surface area contributed by atoms with E-state index >= 15 is 0 Å². The number of carbonyl (C=O) groups is 2. The zero-order valence-corrected chi connectivity index (χ0v) is 12.4. The number of aliphatic carboxylic acids is 1. The minimum atomic E-state index is -1.02. The molecule has 0 heterocycles. The van der Waals surface area contributed by atoms with E-state index in [0.29, 0.717) is 0 Å². The molecule has 1 aromatic carbocycles. The smallest absolute Gasteiger partial charge is 0.326 e. The largest absolute Gasteiger partial charge is 0.480 e. The highest BCUT2D eigenvalue weighted by Gasteiger charge is 2.25. The average molecular weight is 278 g/mol. The van der Waals surface area contributed by atoms with Crippen LogP contribution in [0.3, 0.4) is 0 Å². The maximum absolute atomic E-state index is 12.1. The van der Waals surface area contributed by atoms with E-state index in [1.807, 2.05) is 24.3 Å². The Balaban J connectivity index is 2.77. The summed E-state index contributed by atoms with van der Waals surface area (Å²) in [6, 6.07) is 6.30. The predicted molar refractivity (Wildman–Crippen MR) is 79.0 cm³/mol. The average Bonchev–Trinajstić information content (AvgIpc) is 2.43. The molecule has 5 heteroatoms. The standard InChI is InChI=1S/C15H22N2O3/c1-5-11-6-8-12(9-7-11)17(4)15(20)16-13(10(2)3)14(18)19/h6-10,13H,5H2,1-4H3,(H,16,20)(H,18,19). The molecule has 20 heavy (non-hydrogen) atoms. The van der Waals surface area contributed by atoms with Gasteiger partial charge in [-0.3, -0.25) is 4.90 Å². The number of carboxylic acids is 1. The first-order chi connectivity index (χ1) is 9.36. The van der Waals surface area contributed by atoms with Crippen LogP contribution in [0.5, 0.6) is 0 Å². The lowest BCUT2D eigenvalue weighted by molar-refractivity contribution is -0.140. The minimum absolute atomic E-state index is 0.174. The Hall–Kier alpha value is -2.04. The van der Waals surface area contributed by atoms with Gasteiger partial charge in [0.2, 0.25) is 0 Å². The summed E-state index contributed by atoms with van der Waals surface area (Å²) in [6.07, 6.45) is 0.935. The van der Waals surface area contributed by atoms with Gasteiger partial charge in [-0.2, -0.15) is 0 Å². The molecule has 0 bridgehead atoms. The lowest BCUT2D eigenvalue weighted by Gasteiger charge is -2.23. The highest BCUT2D eigenvalue weighted by molar-refractivity contribution is 5.94. The highest BCUT2D eigenvalue weighted by Crippen LogP contribution is 2.15. The topological polar surface area (TPSA) is 69.6 Å². The molecule has 2 amide bonds. The number of urea groups is 1. The number of aryl methyl sites for hydroxylation is 1. The molecule has 0 saturated carbocycles. The molecule has 0 aliphatic heterocycles. The van der Waals surface area contributed by atoms with Crippen molar-refractivity contribution in [2.24, 2.45) is 5.92 Å². The number of anilines is 1. The third kappa shape index (κ3) is 3.98. The summed E-state index contributed by atoms with van der Waals surface area (Å²) in [5, 5.41) is 11.6. The fourth-order valence-corrected chi connectivity index (χ4v) is 1.82. The molecule has 1 unspecified atom stereocenters. The Bertz CT molecular complexity index is 469. The fraction of sp³-hybridized carbons (Fsp3) is 0.467. The number of hydrogen-bond acceptors (Lipinski definition) is 2. The summed E-state index contributed by atoms with van der Waals surface area (Å²) in [7, 11) is 1.62. The molecule has 0 aliphatic rings. The van der Waals surface area contributed by atoms with Gasteiger partial charge in [0.05, 0.1) is 0 Å². The molecule has 0 saturated heterocycles. The first-order valence-corrected chi connectivity index (χ1v) is 6.72. The lowest BCUT2D eigenvalue weighted by atomic mass is 10.1. The van der Waals surface area contributed by atoms with Crippen LogP contribution in [0.4, 0.5) is 10.5 Å². The lowest BCUT2D eigenvalue weighted by Crippen LogP contribution is -2.49. The van der Waals surface area contributed by atoms with Crippen LogP contribution < -0.4 is 10.2 Å². The van der Waals surface area contributed by atoms with E-state index in [2.05, 4.69) is 12.2 Å². The first-order valence-electron chi connectivity index (χ1n) is 6.72. The zero-order valence-electron chi connectivity index (χ0n) is 12.4. The van der Waals surface area contributed by atoms with Gasteiger partial charge in [-0.1, -0.05) is 32.9 Å². The normalized spacial score (nSPS) is 12.1. The molecule has 1 atom stereocenters. The van der Waals surface area contributed by atoms with E-state index in [1.54, 1.807) is 20.9 Å². The summed E-state index contributed by atoms with van der Waals surface area (Å²) < 4.78 is 0. The van der Waals surface area contributed by atoms with Gasteiger partial charge in [-0.05, 0) is 30.0 Å². The second-order valence-corrected chi connectivity index (χ2v) is 5.09. The number of carboxylic acid groups (broad SMARTS) is 1. The van der Waals surface area contributed by atoms with Crippen LogP contribution in [0.15, 0.2) is 24.3 Å². The van der Waals surface area contributed by atoms with Crippen LogP contribution in [-0.2, 0) is 11.2 Å². The van der Waals surface area contributed by atoms with Crippen LogP contribution in [0.1, 0.15) is 26.3 Å². The zero-order chi connectivity index (χ0) is 15.3. The van der Waals surface area contributed by atoms with E-state index in [9.17, 15) is 9.59 Å². The van der Waals surface area contributed by atoms with Crippen molar-refractivity contribution in [3.63, 3.8) is 0 Å². The van der Waals surface area contributed by atoms with Crippen molar-refractivity contribution in [2.45, 2.75) is 33.2 Å². The van der Waals surface area contributed by atoms with Crippen molar-refractivity contribution in [1.82, 2.24) is 5.32 Å². The Morgan fingerprint density at radius 1 is 1.25 bits per heavy atom. The molecule has 5 nitrogen and oxygen atoms in total. The fourth-order valence-electron chi connectivity index (χ4n) is 1.82. The van der Waals surface area contributed by atoms with E-state index in [-0.39, 0.29) is 5.92 Å². The molecule has 0 aliphatic carbocycles. The summed E-state index contributed by atoms with van der Waals surface area (Å²) in [6.45, 7) is 5.58.